The Morgan fingerprint density at radius 2 is 1.07 bits per heavy atom. The Morgan fingerprint density at radius 3 is 1.46 bits per heavy atom. The molecule has 0 unspecified atom stereocenters. The molecule has 0 aliphatic carbocycles. The van der Waals surface area contributed by atoms with E-state index in [0.29, 0.717) is 0 Å². The Hall–Kier alpha value is -0.670. The topological polar surface area (TPSA) is 36.4 Å². The van der Waals surface area contributed by atoms with Gasteiger partial charge in [-0.1, -0.05) is 104 Å². The molecule has 0 aromatic rings. The van der Waals surface area contributed by atoms with Crippen molar-refractivity contribution in [2.24, 2.45) is 4.99 Å². The zero-order chi connectivity index (χ0) is 20.2. The third-order valence-electron chi connectivity index (χ3n) is 5.91. The molecule has 1 heterocycles. The minimum atomic E-state index is -0.0655. The van der Waals surface area contributed by atoms with Crippen LogP contribution in [0.15, 0.2) is 17.3 Å². The Morgan fingerprint density at radius 1 is 0.643 bits per heavy atom. The van der Waals surface area contributed by atoms with Gasteiger partial charge in [-0.25, -0.2) is 0 Å². The summed E-state index contributed by atoms with van der Waals surface area (Å²) in [7, 11) is 0. The van der Waals surface area contributed by atoms with E-state index in [2.05, 4.69) is 35.5 Å². The summed E-state index contributed by atoms with van der Waals surface area (Å²) >= 11 is 0. The summed E-state index contributed by atoms with van der Waals surface area (Å²) in [6, 6.07) is 0. The van der Waals surface area contributed by atoms with Gasteiger partial charge in [-0.05, 0) is 32.0 Å². The number of hydrogen-bond acceptors (Lipinski definition) is 3. The zero-order valence-corrected chi connectivity index (χ0v) is 19.1. The fraction of sp³-hybridized carbons (Fsp3) is 0.880. The highest BCUT2D eigenvalue weighted by molar-refractivity contribution is 5.62. The first kappa shape index (κ1) is 25.4. The minimum absolute atomic E-state index is 0.0655. The lowest BCUT2D eigenvalue weighted by Gasteiger charge is -2.33. The molecule has 1 aliphatic rings. The maximum absolute atomic E-state index is 4.27. The van der Waals surface area contributed by atoms with Crippen LogP contribution in [-0.2, 0) is 0 Å². The van der Waals surface area contributed by atoms with Crippen LogP contribution in [0, 0.1) is 0 Å². The van der Waals surface area contributed by atoms with Crippen LogP contribution >= 0.6 is 0 Å². The normalized spacial score (nSPS) is 15.4. The largest absolute Gasteiger partial charge is 0.296 e. The average molecular weight is 392 g/mol. The van der Waals surface area contributed by atoms with Crippen LogP contribution in [0.1, 0.15) is 123 Å². The molecule has 0 aromatic heterocycles. The first-order chi connectivity index (χ1) is 13.8. The van der Waals surface area contributed by atoms with E-state index in [0.717, 1.165) is 19.5 Å². The van der Waals surface area contributed by atoms with Gasteiger partial charge in [0.25, 0.3) is 0 Å². The number of aliphatic imine (C=N–C) groups is 1. The summed E-state index contributed by atoms with van der Waals surface area (Å²) in [6.45, 7) is 6.76. The molecule has 3 nitrogen and oxygen atoms in total. The van der Waals surface area contributed by atoms with E-state index in [1.807, 2.05) is 12.4 Å². The molecular formula is C25H49N3. The Labute approximate surface area is 176 Å². The molecule has 0 fully saturated rings. The van der Waals surface area contributed by atoms with Gasteiger partial charge in [-0.15, -0.1) is 0 Å². The van der Waals surface area contributed by atoms with E-state index in [1.54, 1.807) is 0 Å². The first-order valence-electron chi connectivity index (χ1n) is 12.5. The van der Waals surface area contributed by atoms with Crippen molar-refractivity contribution in [3.05, 3.63) is 12.3 Å². The monoisotopic (exact) mass is 391 g/mol. The fourth-order valence-electron chi connectivity index (χ4n) is 3.96. The second-order valence-corrected chi connectivity index (χ2v) is 8.63. The lowest BCUT2D eigenvalue weighted by atomic mass is 10.0. The van der Waals surface area contributed by atoms with Gasteiger partial charge in [0.15, 0.2) is 0 Å². The summed E-state index contributed by atoms with van der Waals surface area (Å²) in [4.78, 5) is 4.27. The van der Waals surface area contributed by atoms with Crippen LogP contribution in [-0.4, -0.2) is 25.0 Å². The van der Waals surface area contributed by atoms with Crippen LogP contribution in [0.3, 0.4) is 0 Å². The molecule has 0 amide bonds. The predicted octanol–water partition coefficient (Wildman–Crippen LogP) is 7.13. The summed E-state index contributed by atoms with van der Waals surface area (Å²) in [5.74, 6) is 0. The zero-order valence-electron chi connectivity index (χ0n) is 19.1. The molecule has 0 spiro atoms. The third kappa shape index (κ3) is 13.5. The summed E-state index contributed by atoms with van der Waals surface area (Å²) in [5.41, 5.74) is -0.0655. The maximum Gasteiger partial charge on any atom is 0.0947 e. The molecule has 0 saturated carbocycles. The highest BCUT2D eigenvalue weighted by atomic mass is 15.2. The fourth-order valence-corrected chi connectivity index (χ4v) is 3.96. The van der Waals surface area contributed by atoms with Gasteiger partial charge in [0.2, 0.25) is 0 Å². The van der Waals surface area contributed by atoms with Crippen molar-refractivity contribution in [1.29, 1.82) is 0 Å². The van der Waals surface area contributed by atoms with Crippen LogP contribution < -0.4 is 10.6 Å². The summed E-state index contributed by atoms with van der Waals surface area (Å²) in [6.07, 6.45) is 29.2. The van der Waals surface area contributed by atoms with Crippen molar-refractivity contribution in [3.63, 3.8) is 0 Å². The quantitative estimate of drug-likeness (QED) is 0.171. The molecule has 0 saturated heterocycles. The van der Waals surface area contributed by atoms with Crippen molar-refractivity contribution in [2.75, 3.05) is 13.1 Å². The standard InChI is InChI=1S/C25H49N3/c1-3-5-7-9-11-13-15-17-21-27-25(19-23-26-24-20-25)28-22-18-16-14-12-10-8-6-4-2/h19,23-24,27-28H,3-18,20-22H2,1-2H3. The van der Waals surface area contributed by atoms with Crippen LogP contribution in [0.25, 0.3) is 0 Å². The van der Waals surface area contributed by atoms with Crippen LogP contribution in [0.2, 0.25) is 0 Å². The van der Waals surface area contributed by atoms with Crippen molar-refractivity contribution < 1.29 is 0 Å². The third-order valence-corrected chi connectivity index (χ3v) is 5.91. The van der Waals surface area contributed by atoms with Gasteiger partial charge in [-0.2, -0.15) is 0 Å². The molecule has 1 rings (SSSR count). The molecule has 28 heavy (non-hydrogen) atoms. The highest BCUT2D eigenvalue weighted by Crippen LogP contribution is 2.14. The predicted molar refractivity (Wildman–Crippen MR) is 126 cm³/mol. The van der Waals surface area contributed by atoms with Gasteiger partial charge >= 0.3 is 0 Å². The average Bonchev–Trinajstić information content (AvgIpc) is 2.72. The Kier molecular flexibility index (Phi) is 16.6. The summed E-state index contributed by atoms with van der Waals surface area (Å²) < 4.78 is 0. The van der Waals surface area contributed by atoms with Crippen molar-refractivity contribution >= 4 is 6.21 Å². The van der Waals surface area contributed by atoms with E-state index in [-0.39, 0.29) is 5.66 Å². The lowest BCUT2D eigenvalue weighted by Crippen LogP contribution is -2.56. The molecule has 2 N–H and O–H groups in total. The Bertz CT molecular complexity index is 367. The number of nitrogens with one attached hydrogen (secondary N) is 2. The highest BCUT2D eigenvalue weighted by Gasteiger charge is 2.25. The van der Waals surface area contributed by atoms with E-state index >= 15 is 0 Å². The van der Waals surface area contributed by atoms with E-state index in [9.17, 15) is 0 Å². The second kappa shape index (κ2) is 18.4. The molecule has 3 heteroatoms. The maximum atomic E-state index is 4.27. The van der Waals surface area contributed by atoms with Gasteiger partial charge < -0.3 is 0 Å². The van der Waals surface area contributed by atoms with E-state index in [4.69, 9.17) is 0 Å². The van der Waals surface area contributed by atoms with E-state index < -0.39 is 0 Å². The van der Waals surface area contributed by atoms with Gasteiger partial charge in [0.05, 0.1) is 5.66 Å². The van der Waals surface area contributed by atoms with Crippen LogP contribution in [0.5, 0.6) is 0 Å². The molecule has 164 valence electrons. The molecule has 1 aliphatic heterocycles. The molecule has 0 aromatic carbocycles. The van der Waals surface area contributed by atoms with Crippen LogP contribution in [0.4, 0.5) is 0 Å². The second-order valence-electron chi connectivity index (χ2n) is 8.63. The van der Waals surface area contributed by atoms with E-state index in [1.165, 1.54) is 103 Å². The number of unbranched alkanes of at least 4 members (excludes halogenated alkanes) is 14. The molecular weight excluding hydrogens is 342 g/mol. The van der Waals surface area contributed by atoms with Gasteiger partial charge in [0.1, 0.15) is 0 Å². The number of rotatable bonds is 20. The van der Waals surface area contributed by atoms with Gasteiger partial charge in [-0.3, -0.25) is 15.6 Å². The smallest absolute Gasteiger partial charge is 0.0947 e. The number of hydrogen-bond donors (Lipinski definition) is 2. The number of nitrogens with zero attached hydrogens (tertiary/aromatic N) is 1. The first-order valence-corrected chi connectivity index (χ1v) is 12.5. The lowest BCUT2D eigenvalue weighted by molar-refractivity contribution is 0.325. The van der Waals surface area contributed by atoms with Crippen molar-refractivity contribution in [2.45, 2.75) is 129 Å². The minimum Gasteiger partial charge on any atom is -0.296 e. The van der Waals surface area contributed by atoms with Crippen molar-refractivity contribution in [1.82, 2.24) is 10.6 Å². The van der Waals surface area contributed by atoms with Gasteiger partial charge in [0, 0.05) is 18.8 Å². The Balaban J connectivity index is 2.07. The SMILES string of the molecule is CCCCCCCCCCNC1(NCCCCCCCCCC)C=CN=CC1. The molecule has 0 radical (unpaired) electrons. The molecule has 0 bridgehead atoms. The summed E-state index contributed by atoms with van der Waals surface area (Å²) in [5, 5.41) is 7.56. The molecule has 0 atom stereocenters. The van der Waals surface area contributed by atoms with Crippen molar-refractivity contribution in [3.8, 4) is 0 Å².